The highest BCUT2D eigenvalue weighted by Gasteiger charge is 2.50. The molecule has 0 saturated carbocycles. The van der Waals surface area contributed by atoms with E-state index in [-0.39, 0.29) is 16.9 Å². The number of pyridine rings is 1. The Bertz CT molecular complexity index is 1690. The first-order chi connectivity index (χ1) is 21.9. The third kappa shape index (κ3) is 8.16. The number of hydrogen-bond acceptors (Lipinski definition) is 4. The van der Waals surface area contributed by atoms with Crippen molar-refractivity contribution in [3.63, 3.8) is 0 Å². The molecule has 0 bridgehead atoms. The quantitative estimate of drug-likeness (QED) is 0.139. The van der Waals surface area contributed by atoms with Gasteiger partial charge in [0.15, 0.2) is 0 Å². The lowest BCUT2D eigenvalue weighted by Gasteiger charge is -2.43. The fourth-order valence-electron chi connectivity index (χ4n) is 5.91. The van der Waals surface area contributed by atoms with Gasteiger partial charge < -0.3 is 15.1 Å². The standard InChI is InChI=1S/C39H45N3O3Si/c1-28-21-23-35(29(2)25-26-40-38(44)24-22-32-15-14-20-37(42-32)41-31(4)43)30(3)36(28)27-45-46(39(5,6)7,33-16-10-8-11-17-33)34-18-12-9-13-19-34/h8-25H,26-27H2,1-7H3,(H,40,44)(H,41,42,43). The second-order valence-corrected chi connectivity index (χ2v) is 16.9. The Kier molecular flexibility index (Phi) is 11.3. The molecule has 1 heterocycles. The third-order valence-corrected chi connectivity index (χ3v) is 13.3. The molecule has 0 saturated heterocycles. The van der Waals surface area contributed by atoms with Crippen molar-refractivity contribution in [3.8, 4) is 0 Å². The van der Waals surface area contributed by atoms with Gasteiger partial charge >= 0.3 is 0 Å². The van der Waals surface area contributed by atoms with Gasteiger partial charge in [0.2, 0.25) is 11.8 Å². The summed E-state index contributed by atoms with van der Waals surface area (Å²) in [5.41, 5.74) is 6.37. The number of nitrogens with zero attached hydrogens (tertiary/aromatic N) is 1. The highest BCUT2D eigenvalue weighted by Crippen LogP contribution is 2.38. The van der Waals surface area contributed by atoms with Crippen LogP contribution in [-0.4, -0.2) is 31.7 Å². The van der Waals surface area contributed by atoms with Crippen molar-refractivity contribution >= 4 is 48.0 Å². The minimum atomic E-state index is -2.69. The Morgan fingerprint density at radius 2 is 1.48 bits per heavy atom. The lowest BCUT2D eigenvalue weighted by molar-refractivity contribution is -0.116. The highest BCUT2D eigenvalue weighted by molar-refractivity contribution is 6.99. The van der Waals surface area contributed by atoms with Crippen molar-refractivity contribution in [1.29, 1.82) is 0 Å². The van der Waals surface area contributed by atoms with Crippen LogP contribution >= 0.6 is 0 Å². The van der Waals surface area contributed by atoms with Gasteiger partial charge in [0.1, 0.15) is 5.82 Å². The third-order valence-electron chi connectivity index (χ3n) is 8.27. The first-order valence-electron chi connectivity index (χ1n) is 15.6. The molecule has 6 nitrogen and oxygen atoms in total. The van der Waals surface area contributed by atoms with E-state index in [1.807, 2.05) is 6.08 Å². The topological polar surface area (TPSA) is 80.3 Å². The monoisotopic (exact) mass is 631 g/mol. The van der Waals surface area contributed by atoms with Crippen molar-refractivity contribution in [1.82, 2.24) is 10.3 Å². The van der Waals surface area contributed by atoms with E-state index in [0.717, 1.165) is 11.1 Å². The highest BCUT2D eigenvalue weighted by atomic mass is 28.4. The SMILES string of the molecule is CC(=O)Nc1cccc(C=CC(=O)NCC=C(C)c2ccc(C)c(CO[Si](c3ccccc3)(c3ccccc3)C(C)(C)C)c2C)n1. The Balaban J connectivity index is 1.52. The van der Waals surface area contributed by atoms with Crippen LogP contribution < -0.4 is 21.0 Å². The van der Waals surface area contributed by atoms with Gasteiger partial charge in [-0.25, -0.2) is 4.98 Å². The number of nitrogens with one attached hydrogen (secondary N) is 2. The van der Waals surface area contributed by atoms with Crippen LogP contribution in [-0.2, 0) is 20.6 Å². The zero-order valence-electron chi connectivity index (χ0n) is 28.0. The number of amides is 2. The van der Waals surface area contributed by atoms with Crippen molar-refractivity contribution < 1.29 is 14.0 Å². The molecule has 0 radical (unpaired) electrons. The molecule has 0 fully saturated rings. The number of aryl methyl sites for hydroxylation is 1. The molecule has 0 aliphatic carbocycles. The number of aromatic nitrogens is 1. The van der Waals surface area contributed by atoms with E-state index in [2.05, 4.69) is 130 Å². The maximum Gasteiger partial charge on any atom is 0.261 e. The van der Waals surface area contributed by atoms with Crippen molar-refractivity contribution in [2.75, 3.05) is 11.9 Å². The smallest absolute Gasteiger partial charge is 0.261 e. The van der Waals surface area contributed by atoms with Crippen LogP contribution in [0.1, 0.15) is 62.6 Å². The number of hydrogen-bond donors (Lipinski definition) is 2. The molecule has 0 aliphatic rings. The van der Waals surface area contributed by atoms with E-state index in [0.29, 0.717) is 24.7 Å². The summed E-state index contributed by atoms with van der Waals surface area (Å²) in [5.74, 6) is 0.0189. The number of benzene rings is 3. The van der Waals surface area contributed by atoms with Crippen LogP contribution in [0.15, 0.2) is 103 Å². The number of carbonyl (C=O) groups excluding carboxylic acids is 2. The molecule has 4 rings (SSSR count). The number of rotatable bonds is 11. The molecule has 2 amide bonds. The molecule has 46 heavy (non-hydrogen) atoms. The summed E-state index contributed by atoms with van der Waals surface area (Å²) in [7, 11) is -2.69. The summed E-state index contributed by atoms with van der Waals surface area (Å²) in [5, 5.41) is 7.98. The normalized spacial score (nSPS) is 12.3. The van der Waals surface area contributed by atoms with Crippen LogP contribution in [0.25, 0.3) is 11.6 Å². The summed E-state index contributed by atoms with van der Waals surface area (Å²) in [6, 6.07) is 31.0. The van der Waals surface area contributed by atoms with Crippen LogP contribution in [0.5, 0.6) is 0 Å². The molecule has 4 aromatic rings. The largest absolute Gasteiger partial charge is 0.403 e. The first-order valence-corrected chi connectivity index (χ1v) is 17.5. The Labute approximate surface area is 274 Å². The van der Waals surface area contributed by atoms with E-state index in [1.54, 1.807) is 24.3 Å². The second-order valence-electron chi connectivity index (χ2n) is 12.6. The van der Waals surface area contributed by atoms with Crippen LogP contribution in [0.3, 0.4) is 0 Å². The maximum atomic E-state index is 12.5. The summed E-state index contributed by atoms with van der Waals surface area (Å²) in [4.78, 5) is 28.1. The van der Waals surface area contributed by atoms with Crippen LogP contribution in [0.2, 0.25) is 5.04 Å². The average molecular weight is 632 g/mol. The van der Waals surface area contributed by atoms with Crippen molar-refractivity contribution in [2.45, 2.75) is 60.1 Å². The minimum absolute atomic E-state index is 0.109. The number of anilines is 1. The van der Waals surface area contributed by atoms with Crippen LogP contribution in [0.4, 0.5) is 5.82 Å². The Morgan fingerprint density at radius 3 is 2.07 bits per heavy atom. The average Bonchev–Trinajstić information content (AvgIpc) is 3.02. The second kappa shape index (κ2) is 15.1. The maximum absolute atomic E-state index is 12.5. The molecule has 1 aromatic heterocycles. The van der Waals surface area contributed by atoms with Gasteiger partial charge in [-0.2, -0.15) is 0 Å². The zero-order valence-corrected chi connectivity index (χ0v) is 29.0. The predicted molar refractivity (Wildman–Crippen MR) is 193 cm³/mol. The summed E-state index contributed by atoms with van der Waals surface area (Å²) in [6.45, 7) is 15.6. The Morgan fingerprint density at radius 1 is 0.848 bits per heavy atom. The molecular formula is C39H45N3O3Si. The van der Waals surface area contributed by atoms with E-state index >= 15 is 0 Å². The molecule has 238 valence electrons. The van der Waals surface area contributed by atoms with Gasteiger partial charge in [0.05, 0.1) is 12.3 Å². The molecule has 0 atom stereocenters. The summed E-state index contributed by atoms with van der Waals surface area (Å²) < 4.78 is 7.28. The molecular weight excluding hydrogens is 587 g/mol. The molecule has 7 heteroatoms. The van der Waals surface area contributed by atoms with Gasteiger partial charge in [-0.15, -0.1) is 0 Å². The van der Waals surface area contributed by atoms with Gasteiger partial charge in [0, 0.05) is 19.5 Å². The summed E-state index contributed by atoms with van der Waals surface area (Å²) in [6.07, 6.45) is 5.10. The molecule has 0 spiro atoms. The lowest BCUT2D eigenvalue weighted by atomic mass is 9.94. The molecule has 2 N–H and O–H groups in total. The molecule has 0 unspecified atom stereocenters. The van der Waals surface area contributed by atoms with Crippen molar-refractivity contribution in [2.24, 2.45) is 0 Å². The van der Waals surface area contributed by atoms with E-state index < -0.39 is 8.32 Å². The zero-order chi connectivity index (χ0) is 33.3. The van der Waals surface area contributed by atoms with Gasteiger partial charge in [0.25, 0.3) is 8.32 Å². The molecule has 3 aromatic carbocycles. The molecule has 0 aliphatic heterocycles. The number of carbonyl (C=O) groups is 2. The Hall–Kier alpha value is -4.59. The van der Waals surface area contributed by atoms with Gasteiger partial charge in [-0.1, -0.05) is 106 Å². The van der Waals surface area contributed by atoms with Gasteiger partial charge in [-0.3, -0.25) is 9.59 Å². The fourth-order valence-corrected chi connectivity index (χ4v) is 10.4. The van der Waals surface area contributed by atoms with Gasteiger partial charge in [-0.05, 0) is 82.2 Å². The van der Waals surface area contributed by atoms with E-state index in [1.165, 1.54) is 40.1 Å². The predicted octanol–water partition coefficient (Wildman–Crippen LogP) is 6.97. The summed E-state index contributed by atoms with van der Waals surface area (Å²) >= 11 is 0. The van der Waals surface area contributed by atoms with E-state index in [9.17, 15) is 9.59 Å². The number of allylic oxidation sites excluding steroid dienone is 1. The van der Waals surface area contributed by atoms with Crippen LogP contribution in [0, 0.1) is 13.8 Å². The van der Waals surface area contributed by atoms with E-state index in [4.69, 9.17) is 4.43 Å². The minimum Gasteiger partial charge on any atom is -0.403 e. The lowest BCUT2D eigenvalue weighted by Crippen LogP contribution is -2.66. The first kappa shape index (κ1) is 34.3. The van der Waals surface area contributed by atoms with Crippen molar-refractivity contribution in [3.05, 3.63) is 131 Å². The fraction of sp³-hybridized carbons (Fsp3) is 0.256.